The number of carbonyl (C=O) groups is 1. The first kappa shape index (κ1) is 13.2. The van der Waals surface area contributed by atoms with Gasteiger partial charge in [0.05, 0.1) is 0 Å². The molecule has 0 heterocycles. The molecule has 78 valence electrons. The number of allylic oxidation sites excluding steroid dienone is 3. The third kappa shape index (κ3) is 3.92. The zero-order valence-corrected chi connectivity index (χ0v) is 9.86. The molecule has 0 atom stereocenters. The van der Waals surface area contributed by atoms with Crippen molar-refractivity contribution in [2.24, 2.45) is 4.99 Å². The molecular formula is C11H17NOS. The molecule has 0 aliphatic rings. The lowest BCUT2D eigenvalue weighted by molar-refractivity contribution is -0.112. The second-order valence-electron chi connectivity index (χ2n) is 2.55. The summed E-state index contributed by atoms with van der Waals surface area (Å²) >= 11 is 1.62. The van der Waals surface area contributed by atoms with Crippen LogP contribution >= 0.6 is 11.8 Å². The molecule has 0 bridgehead atoms. The molecule has 2 nitrogen and oxygen atoms in total. The lowest BCUT2D eigenvalue weighted by atomic mass is 10.2. The van der Waals surface area contributed by atoms with Crippen molar-refractivity contribution in [3.05, 3.63) is 23.6 Å². The number of carbonyl (C=O) groups excluding carboxylic acids is 1. The normalized spacial score (nSPS) is 12.8. The monoisotopic (exact) mass is 211 g/mol. The second kappa shape index (κ2) is 7.56. The molecule has 0 saturated carbocycles. The largest absolute Gasteiger partial charge is 0.292 e. The van der Waals surface area contributed by atoms with Gasteiger partial charge in [0.1, 0.15) is 5.71 Å². The van der Waals surface area contributed by atoms with E-state index in [0.717, 1.165) is 10.7 Å². The Kier molecular flexibility index (Phi) is 7.11. The van der Waals surface area contributed by atoms with Gasteiger partial charge in [-0.1, -0.05) is 26.5 Å². The average molecular weight is 211 g/mol. The van der Waals surface area contributed by atoms with E-state index in [0.29, 0.717) is 12.1 Å². The minimum Gasteiger partial charge on any atom is -0.292 e. The molecule has 0 rings (SSSR count). The Balaban J connectivity index is 4.87. The van der Waals surface area contributed by atoms with Gasteiger partial charge >= 0.3 is 0 Å². The Morgan fingerprint density at radius 3 is 2.50 bits per heavy atom. The summed E-state index contributed by atoms with van der Waals surface area (Å²) in [6.45, 7) is 7.52. The number of aliphatic imine (C=N–C) groups is 1. The van der Waals surface area contributed by atoms with E-state index in [1.165, 1.54) is 0 Å². The van der Waals surface area contributed by atoms with E-state index < -0.39 is 0 Å². The molecule has 0 saturated heterocycles. The first-order valence-corrected chi connectivity index (χ1v) is 5.65. The molecule has 3 heteroatoms. The highest BCUT2D eigenvalue weighted by atomic mass is 32.2. The Morgan fingerprint density at radius 2 is 2.14 bits per heavy atom. The Labute approximate surface area is 90.2 Å². The van der Waals surface area contributed by atoms with Gasteiger partial charge < -0.3 is 0 Å². The van der Waals surface area contributed by atoms with Gasteiger partial charge in [0.25, 0.3) is 0 Å². The van der Waals surface area contributed by atoms with Crippen LogP contribution < -0.4 is 0 Å². The highest BCUT2D eigenvalue weighted by Gasteiger charge is 2.12. The van der Waals surface area contributed by atoms with Crippen LogP contribution in [0.3, 0.4) is 0 Å². The van der Waals surface area contributed by atoms with Gasteiger partial charge in [-0.3, -0.25) is 9.79 Å². The zero-order chi connectivity index (χ0) is 11.0. The molecule has 14 heavy (non-hydrogen) atoms. The first-order valence-electron chi connectivity index (χ1n) is 4.67. The summed E-state index contributed by atoms with van der Waals surface area (Å²) in [5, 5.41) is 0. The van der Waals surface area contributed by atoms with Crippen LogP contribution in [-0.2, 0) is 4.79 Å². The summed E-state index contributed by atoms with van der Waals surface area (Å²) in [5.74, 6) is 1.01. The quantitative estimate of drug-likeness (QED) is 0.499. The molecule has 0 N–H and O–H groups in total. The Hall–Kier alpha value is -0.830. The van der Waals surface area contributed by atoms with E-state index in [1.807, 2.05) is 19.9 Å². The molecule has 0 aliphatic heterocycles. The standard InChI is InChI=1S/C11H17NOS/c1-5-8-10(14-7-3)11(12-4)9(13)6-2/h5,8H,1,6-7H2,2-4H3/b10-8+,12-11-. The van der Waals surface area contributed by atoms with E-state index in [9.17, 15) is 4.79 Å². The third-order valence-corrected chi connectivity index (χ3v) is 2.54. The van der Waals surface area contributed by atoms with Crippen LogP contribution in [0.4, 0.5) is 0 Å². The molecule has 0 fully saturated rings. The fourth-order valence-electron chi connectivity index (χ4n) is 0.998. The topological polar surface area (TPSA) is 29.4 Å². The molecule has 0 aliphatic carbocycles. The molecule has 0 aromatic rings. The van der Waals surface area contributed by atoms with Crippen molar-refractivity contribution < 1.29 is 4.79 Å². The molecule has 0 amide bonds. The van der Waals surface area contributed by atoms with Gasteiger partial charge in [0, 0.05) is 18.4 Å². The number of nitrogens with zero attached hydrogens (tertiary/aromatic N) is 1. The number of rotatable bonds is 6. The summed E-state index contributed by atoms with van der Waals surface area (Å²) in [5.41, 5.74) is 0.569. The Morgan fingerprint density at radius 1 is 1.50 bits per heavy atom. The van der Waals surface area contributed by atoms with Crippen LogP contribution in [0.1, 0.15) is 20.3 Å². The summed E-state index contributed by atoms with van der Waals surface area (Å²) < 4.78 is 0. The van der Waals surface area contributed by atoms with E-state index in [-0.39, 0.29) is 5.78 Å². The highest BCUT2D eigenvalue weighted by molar-refractivity contribution is 8.04. The maximum absolute atomic E-state index is 11.5. The SMILES string of the molecule is C=C/C=C(SCC)\C(=N/C)C(=O)CC. The third-order valence-electron chi connectivity index (χ3n) is 1.61. The van der Waals surface area contributed by atoms with Crippen molar-refractivity contribution >= 4 is 23.3 Å². The van der Waals surface area contributed by atoms with Gasteiger partial charge in [-0.25, -0.2) is 0 Å². The van der Waals surface area contributed by atoms with Crippen molar-refractivity contribution in [2.45, 2.75) is 20.3 Å². The fourth-order valence-corrected chi connectivity index (χ4v) is 1.84. The summed E-state index contributed by atoms with van der Waals surface area (Å²) in [4.78, 5) is 16.5. The van der Waals surface area contributed by atoms with Crippen molar-refractivity contribution in [3.8, 4) is 0 Å². The molecular weight excluding hydrogens is 194 g/mol. The van der Waals surface area contributed by atoms with Gasteiger partial charge in [-0.05, 0) is 11.8 Å². The lowest BCUT2D eigenvalue weighted by Crippen LogP contribution is -2.14. The van der Waals surface area contributed by atoms with Crippen molar-refractivity contribution in [2.75, 3.05) is 12.8 Å². The first-order chi connectivity index (χ1) is 6.71. The predicted molar refractivity (Wildman–Crippen MR) is 65.1 cm³/mol. The zero-order valence-electron chi connectivity index (χ0n) is 9.04. The molecule has 0 spiro atoms. The molecule has 0 aromatic heterocycles. The van der Waals surface area contributed by atoms with Crippen LogP contribution in [0.2, 0.25) is 0 Å². The van der Waals surface area contributed by atoms with Crippen molar-refractivity contribution in [1.82, 2.24) is 0 Å². The average Bonchev–Trinajstić information content (AvgIpc) is 2.19. The van der Waals surface area contributed by atoms with Gasteiger partial charge in [-0.2, -0.15) is 0 Å². The summed E-state index contributed by atoms with van der Waals surface area (Å²) in [6.07, 6.45) is 4.02. The number of Topliss-reactive ketones (excluding diaryl/α,β-unsaturated/α-hetero) is 1. The van der Waals surface area contributed by atoms with Crippen LogP contribution in [-0.4, -0.2) is 24.3 Å². The number of hydrogen-bond donors (Lipinski definition) is 0. The minimum atomic E-state index is 0.0848. The lowest BCUT2D eigenvalue weighted by Gasteiger charge is -2.06. The van der Waals surface area contributed by atoms with Crippen LogP contribution in [0.5, 0.6) is 0 Å². The van der Waals surface area contributed by atoms with Crippen LogP contribution in [0.15, 0.2) is 28.6 Å². The maximum Gasteiger partial charge on any atom is 0.181 e. The van der Waals surface area contributed by atoms with E-state index in [2.05, 4.69) is 11.6 Å². The van der Waals surface area contributed by atoms with Crippen molar-refractivity contribution in [3.63, 3.8) is 0 Å². The predicted octanol–water partition coefficient (Wildman–Crippen LogP) is 2.86. The number of ketones is 1. The molecule has 0 radical (unpaired) electrons. The van der Waals surface area contributed by atoms with E-state index >= 15 is 0 Å². The highest BCUT2D eigenvalue weighted by Crippen LogP contribution is 2.18. The van der Waals surface area contributed by atoms with Crippen LogP contribution in [0, 0.1) is 0 Å². The van der Waals surface area contributed by atoms with E-state index in [4.69, 9.17) is 0 Å². The summed E-state index contributed by atoms with van der Waals surface area (Å²) in [7, 11) is 1.65. The van der Waals surface area contributed by atoms with Gasteiger partial charge in [0.2, 0.25) is 0 Å². The number of hydrogen-bond acceptors (Lipinski definition) is 3. The van der Waals surface area contributed by atoms with Crippen LogP contribution in [0.25, 0.3) is 0 Å². The van der Waals surface area contributed by atoms with Crippen molar-refractivity contribution in [1.29, 1.82) is 0 Å². The number of thioether (sulfide) groups is 1. The fraction of sp³-hybridized carbons (Fsp3) is 0.455. The molecule has 0 unspecified atom stereocenters. The Bertz CT molecular complexity index is 266. The van der Waals surface area contributed by atoms with E-state index in [1.54, 1.807) is 24.9 Å². The second-order valence-corrected chi connectivity index (χ2v) is 3.85. The van der Waals surface area contributed by atoms with Gasteiger partial charge in [-0.15, -0.1) is 11.8 Å². The minimum absolute atomic E-state index is 0.0848. The summed E-state index contributed by atoms with van der Waals surface area (Å²) in [6, 6.07) is 0. The maximum atomic E-state index is 11.5. The molecule has 0 aromatic carbocycles. The smallest absolute Gasteiger partial charge is 0.181 e. The van der Waals surface area contributed by atoms with Gasteiger partial charge in [0.15, 0.2) is 5.78 Å².